The van der Waals surface area contributed by atoms with E-state index in [2.05, 4.69) is 21.3 Å². The molecule has 1 saturated heterocycles. The van der Waals surface area contributed by atoms with E-state index >= 15 is 0 Å². The summed E-state index contributed by atoms with van der Waals surface area (Å²) in [5.41, 5.74) is 0.963. The molecular weight excluding hydrogens is 367 g/mol. The van der Waals surface area contributed by atoms with E-state index in [-0.39, 0.29) is 12.1 Å². The molecule has 1 aliphatic rings. The van der Waals surface area contributed by atoms with Gasteiger partial charge in [0.15, 0.2) is 0 Å². The molecule has 0 unspecified atom stereocenters. The van der Waals surface area contributed by atoms with Gasteiger partial charge in [-0.05, 0) is 31.2 Å². The van der Waals surface area contributed by atoms with Crippen molar-refractivity contribution in [2.75, 3.05) is 17.2 Å². The molecule has 4 N–H and O–H groups in total. The quantitative estimate of drug-likeness (QED) is 0.610. The van der Waals surface area contributed by atoms with Gasteiger partial charge in [0.2, 0.25) is 11.8 Å². The summed E-state index contributed by atoms with van der Waals surface area (Å²) in [6, 6.07) is 9.24. The Kier molecular flexibility index (Phi) is 5.73. The zero-order chi connectivity index (χ0) is 20.1. The number of rotatable bonds is 6. The molecule has 3 rings (SSSR count). The normalized spacial score (nSPS) is 16.0. The Hall–Kier alpha value is -3.62. The average Bonchev–Trinajstić information content (AvgIpc) is 2.65. The van der Waals surface area contributed by atoms with Crippen LogP contribution in [0.25, 0.3) is 0 Å². The van der Waals surface area contributed by atoms with Crippen molar-refractivity contribution in [1.29, 1.82) is 0 Å². The van der Waals surface area contributed by atoms with E-state index in [1.165, 1.54) is 6.07 Å². The zero-order valence-corrected chi connectivity index (χ0v) is 15.0. The van der Waals surface area contributed by atoms with Crippen LogP contribution >= 0.6 is 0 Å². The van der Waals surface area contributed by atoms with Crippen LogP contribution in [-0.4, -0.2) is 30.5 Å². The van der Waals surface area contributed by atoms with Crippen molar-refractivity contribution in [2.24, 2.45) is 0 Å². The lowest BCUT2D eigenvalue weighted by Crippen LogP contribution is -2.56. The lowest BCUT2D eigenvalue weighted by molar-refractivity contribution is -0.126. The number of hydrogen-bond acceptors (Lipinski definition) is 5. The fourth-order valence-corrected chi connectivity index (χ4v) is 2.69. The standard InChI is InChI=1S/C19H19FN4O4/c1-2-28-11-7-8-14(15(9-11)21-13-6-4-3-5-12(13)20)22-18(26)16-10-17(25)24-19(27)23-16/h3-9,16,21H,2,10H2,1H3,(H,22,26)(H2,23,24,25,27)/t16-/m0/s1. The van der Waals surface area contributed by atoms with Gasteiger partial charge in [0.05, 0.1) is 30.1 Å². The fourth-order valence-electron chi connectivity index (χ4n) is 2.69. The number of urea groups is 1. The smallest absolute Gasteiger partial charge is 0.322 e. The van der Waals surface area contributed by atoms with Crippen LogP contribution in [0.1, 0.15) is 13.3 Å². The maximum Gasteiger partial charge on any atom is 0.322 e. The molecule has 1 aliphatic heterocycles. The molecule has 2 aromatic rings. The predicted molar refractivity (Wildman–Crippen MR) is 101 cm³/mol. The minimum atomic E-state index is -1.01. The minimum Gasteiger partial charge on any atom is -0.494 e. The van der Waals surface area contributed by atoms with Crippen molar-refractivity contribution < 1.29 is 23.5 Å². The third kappa shape index (κ3) is 4.56. The Labute approximate surface area is 160 Å². The van der Waals surface area contributed by atoms with E-state index in [0.717, 1.165) is 0 Å². The third-order valence-electron chi connectivity index (χ3n) is 3.97. The number of benzene rings is 2. The van der Waals surface area contributed by atoms with Gasteiger partial charge in [-0.15, -0.1) is 0 Å². The topological polar surface area (TPSA) is 109 Å². The first-order valence-corrected chi connectivity index (χ1v) is 8.66. The summed E-state index contributed by atoms with van der Waals surface area (Å²) in [7, 11) is 0. The van der Waals surface area contributed by atoms with Crippen LogP contribution in [0, 0.1) is 5.82 Å². The van der Waals surface area contributed by atoms with Gasteiger partial charge in [-0.25, -0.2) is 9.18 Å². The van der Waals surface area contributed by atoms with Crippen LogP contribution in [0.2, 0.25) is 0 Å². The fraction of sp³-hybridized carbons (Fsp3) is 0.211. The first-order chi connectivity index (χ1) is 13.5. The molecule has 146 valence electrons. The third-order valence-corrected chi connectivity index (χ3v) is 3.97. The number of para-hydroxylation sites is 1. The van der Waals surface area contributed by atoms with Crippen LogP contribution in [0.15, 0.2) is 42.5 Å². The maximum absolute atomic E-state index is 14.0. The highest BCUT2D eigenvalue weighted by Gasteiger charge is 2.29. The Morgan fingerprint density at radius 3 is 2.68 bits per heavy atom. The number of imide groups is 1. The molecule has 8 nitrogen and oxygen atoms in total. The number of ether oxygens (including phenoxy) is 1. The summed E-state index contributed by atoms with van der Waals surface area (Å²) >= 11 is 0. The number of anilines is 3. The van der Waals surface area contributed by atoms with Gasteiger partial charge < -0.3 is 20.7 Å². The van der Waals surface area contributed by atoms with Gasteiger partial charge in [0, 0.05) is 6.07 Å². The molecule has 0 bridgehead atoms. The Morgan fingerprint density at radius 1 is 1.18 bits per heavy atom. The number of hydrogen-bond donors (Lipinski definition) is 4. The van der Waals surface area contributed by atoms with E-state index < -0.39 is 29.7 Å². The van der Waals surface area contributed by atoms with Crippen LogP contribution in [0.3, 0.4) is 0 Å². The number of carbonyl (C=O) groups is 3. The highest BCUT2D eigenvalue weighted by Crippen LogP contribution is 2.31. The van der Waals surface area contributed by atoms with Crippen molar-refractivity contribution in [1.82, 2.24) is 10.6 Å². The van der Waals surface area contributed by atoms with E-state index in [4.69, 9.17) is 4.74 Å². The lowest BCUT2D eigenvalue weighted by Gasteiger charge is -2.23. The largest absolute Gasteiger partial charge is 0.494 e. The van der Waals surface area contributed by atoms with Crippen molar-refractivity contribution in [3.8, 4) is 5.75 Å². The number of nitrogens with one attached hydrogen (secondary N) is 4. The van der Waals surface area contributed by atoms with Crippen LogP contribution in [-0.2, 0) is 9.59 Å². The van der Waals surface area contributed by atoms with Crippen LogP contribution in [0.5, 0.6) is 5.75 Å². The van der Waals surface area contributed by atoms with Crippen molar-refractivity contribution in [2.45, 2.75) is 19.4 Å². The van der Waals surface area contributed by atoms with Crippen molar-refractivity contribution in [3.05, 3.63) is 48.3 Å². The minimum absolute atomic E-state index is 0.176. The first-order valence-electron chi connectivity index (χ1n) is 8.66. The van der Waals surface area contributed by atoms with E-state index in [0.29, 0.717) is 23.7 Å². The first kappa shape index (κ1) is 19.2. The molecule has 0 radical (unpaired) electrons. The highest BCUT2D eigenvalue weighted by molar-refractivity contribution is 6.06. The van der Waals surface area contributed by atoms with Crippen molar-refractivity contribution in [3.63, 3.8) is 0 Å². The summed E-state index contributed by atoms with van der Waals surface area (Å²) in [6.07, 6.45) is -0.176. The lowest BCUT2D eigenvalue weighted by atomic mass is 10.1. The number of amides is 4. The van der Waals surface area contributed by atoms with E-state index in [1.807, 2.05) is 6.92 Å². The Morgan fingerprint density at radius 2 is 1.96 bits per heavy atom. The second-order valence-electron chi connectivity index (χ2n) is 6.01. The zero-order valence-electron chi connectivity index (χ0n) is 15.0. The Balaban J connectivity index is 1.85. The van der Waals surface area contributed by atoms with E-state index in [1.54, 1.807) is 36.4 Å². The average molecular weight is 386 g/mol. The monoisotopic (exact) mass is 386 g/mol. The molecule has 4 amide bonds. The van der Waals surface area contributed by atoms with Gasteiger partial charge in [-0.2, -0.15) is 0 Å². The molecular formula is C19H19FN4O4. The summed E-state index contributed by atoms with van der Waals surface area (Å²) in [5, 5.41) is 10.0. The summed E-state index contributed by atoms with van der Waals surface area (Å²) in [6.45, 7) is 2.27. The second-order valence-corrected chi connectivity index (χ2v) is 6.01. The molecule has 9 heteroatoms. The number of halogens is 1. The Bertz CT molecular complexity index is 903. The highest BCUT2D eigenvalue weighted by atomic mass is 19.1. The van der Waals surface area contributed by atoms with Crippen molar-refractivity contribution >= 4 is 34.9 Å². The van der Waals surface area contributed by atoms with Gasteiger partial charge in [0.1, 0.15) is 17.6 Å². The van der Waals surface area contributed by atoms with Gasteiger partial charge >= 0.3 is 6.03 Å². The van der Waals surface area contributed by atoms with Crippen LogP contribution in [0.4, 0.5) is 26.2 Å². The van der Waals surface area contributed by atoms with Gasteiger partial charge in [-0.3, -0.25) is 14.9 Å². The molecule has 1 atom stereocenters. The predicted octanol–water partition coefficient (Wildman–Crippen LogP) is 2.50. The summed E-state index contributed by atoms with van der Waals surface area (Å²) in [4.78, 5) is 35.4. The molecule has 0 aromatic heterocycles. The SMILES string of the molecule is CCOc1ccc(NC(=O)[C@@H]2CC(=O)NC(=O)N2)c(Nc2ccccc2F)c1. The summed E-state index contributed by atoms with van der Waals surface area (Å²) < 4.78 is 19.5. The van der Waals surface area contributed by atoms with Gasteiger partial charge in [0.25, 0.3) is 0 Å². The molecule has 2 aromatic carbocycles. The summed E-state index contributed by atoms with van der Waals surface area (Å²) in [5.74, 6) is -1.04. The van der Waals surface area contributed by atoms with Crippen LogP contribution < -0.4 is 26.0 Å². The number of carbonyl (C=O) groups excluding carboxylic acids is 3. The van der Waals surface area contributed by atoms with Gasteiger partial charge in [-0.1, -0.05) is 12.1 Å². The molecule has 0 spiro atoms. The molecule has 28 heavy (non-hydrogen) atoms. The van der Waals surface area contributed by atoms with E-state index in [9.17, 15) is 18.8 Å². The molecule has 0 aliphatic carbocycles. The second kappa shape index (κ2) is 8.38. The maximum atomic E-state index is 14.0. The molecule has 1 heterocycles. The molecule has 1 fully saturated rings. The molecule has 0 saturated carbocycles.